The van der Waals surface area contributed by atoms with Crippen molar-refractivity contribution in [3.63, 3.8) is 0 Å². The summed E-state index contributed by atoms with van der Waals surface area (Å²) < 4.78 is 51.8. The maximum Gasteiger partial charge on any atom is 0.419 e. The Kier molecular flexibility index (Phi) is 8.15. The summed E-state index contributed by atoms with van der Waals surface area (Å²) in [5, 5.41) is 11.8. The highest BCUT2D eigenvalue weighted by Gasteiger charge is 2.35. The van der Waals surface area contributed by atoms with Gasteiger partial charge in [0, 0.05) is 17.4 Å². The third kappa shape index (κ3) is 6.36. The molecule has 1 saturated carbocycles. The van der Waals surface area contributed by atoms with E-state index >= 15 is 0 Å². The fourth-order valence-corrected chi connectivity index (χ4v) is 4.23. The minimum Gasteiger partial charge on any atom is -0.489 e. The van der Waals surface area contributed by atoms with Crippen LogP contribution in [0.15, 0.2) is 34.9 Å². The molecule has 180 valence electrons. The highest BCUT2D eigenvalue weighted by atomic mass is 19.4. The Labute approximate surface area is 191 Å². The lowest BCUT2D eigenvalue weighted by atomic mass is 9.86. The topological polar surface area (TPSA) is 98.0 Å². The molecule has 2 aromatic rings. The molecule has 0 radical (unpaired) electrons. The number of nitrogens with one attached hydrogen (secondary N) is 1. The largest absolute Gasteiger partial charge is 0.489 e. The van der Waals surface area contributed by atoms with Gasteiger partial charge in [0.1, 0.15) is 12.4 Å². The molecule has 0 saturated heterocycles. The van der Waals surface area contributed by atoms with Crippen LogP contribution in [0.1, 0.15) is 69.7 Å². The summed E-state index contributed by atoms with van der Waals surface area (Å²) in [6.45, 7) is 4.16. The summed E-state index contributed by atoms with van der Waals surface area (Å²) in [6.07, 6.45) is 4.13. The van der Waals surface area contributed by atoms with E-state index in [9.17, 15) is 13.2 Å². The predicted octanol–water partition coefficient (Wildman–Crippen LogP) is 6.34. The molecule has 0 spiro atoms. The Hall–Kier alpha value is -2.84. The standard InChI is InChI=1S/C24H31F3N4O2/c1-3-4-5-6-12-32-20-11-10-16(14-19(20)24(25,26)27)22-30-23(33-31-22)17-9-7-8-15(2)18(13-17)21(28)29/h5-6,10-11,14-15,17-18H,3-4,7-9,12-13H2,1-2H3,(H3,28,29)/b6-5+/t15?,17-,18?/m1/s1. The van der Waals surface area contributed by atoms with Crippen LogP contribution in [0.25, 0.3) is 11.4 Å². The van der Waals surface area contributed by atoms with Crippen molar-refractivity contribution in [1.29, 1.82) is 5.41 Å². The Morgan fingerprint density at radius 2 is 2.09 bits per heavy atom. The number of amidine groups is 1. The average molecular weight is 465 g/mol. The van der Waals surface area contributed by atoms with Crippen LogP contribution >= 0.6 is 0 Å². The molecule has 0 amide bonds. The zero-order valence-electron chi connectivity index (χ0n) is 19.0. The van der Waals surface area contributed by atoms with Crippen LogP contribution in [0.5, 0.6) is 5.75 Å². The molecular formula is C24H31F3N4O2. The zero-order valence-corrected chi connectivity index (χ0v) is 19.0. The highest BCUT2D eigenvalue weighted by Crippen LogP contribution is 2.40. The Balaban J connectivity index is 1.82. The lowest BCUT2D eigenvalue weighted by Gasteiger charge is -2.21. The third-order valence-corrected chi connectivity index (χ3v) is 6.13. The molecule has 3 atom stereocenters. The number of nitrogens with two attached hydrogens (primary N) is 1. The van der Waals surface area contributed by atoms with E-state index in [0.29, 0.717) is 12.3 Å². The van der Waals surface area contributed by atoms with E-state index in [1.165, 1.54) is 12.1 Å². The van der Waals surface area contributed by atoms with E-state index in [1.807, 2.05) is 13.0 Å². The fraction of sp³-hybridized carbons (Fsp3) is 0.542. The molecule has 1 aliphatic rings. The zero-order chi connectivity index (χ0) is 24.0. The van der Waals surface area contributed by atoms with Gasteiger partial charge in [-0.2, -0.15) is 18.2 Å². The van der Waals surface area contributed by atoms with E-state index in [2.05, 4.69) is 17.1 Å². The van der Waals surface area contributed by atoms with Gasteiger partial charge in [0.15, 0.2) is 0 Å². The van der Waals surface area contributed by atoms with Crippen molar-refractivity contribution in [2.45, 2.75) is 64.5 Å². The monoisotopic (exact) mass is 464 g/mol. The van der Waals surface area contributed by atoms with Gasteiger partial charge >= 0.3 is 6.18 Å². The summed E-state index contributed by atoms with van der Waals surface area (Å²) in [4.78, 5) is 4.40. The first-order valence-electron chi connectivity index (χ1n) is 11.4. The number of ether oxygens (including phenoxy) is 1. The van der Waals surface area contributed by atoms with Crippen LogP contribution in [0.2, 0.25) is 0 Å². The molecule has 1 heterocycles. The van der Waals surface area contributed by atoms with E-state index < -0.39 is 11.7 Å². The van der Waals surface area contributed by atoms with Crippen LogP contribution in [-0.2, 0) is 6.18 Å². The fourth-order valence-electron chi connectivity index (χ4n) is 4.23. The molecule has 6 nitrogen and oxygen atoms in total. The predicted molar refractivity (Wildman–Crippen MR) is 120 cm³/mol. The second kappa shape index (κ2) is 10.9. The van der Waals surface area contributed by atoms with Crippen molar-refractivity contribution < 1.29 is 22.4 Å². The molecule has 1 fully saturated rings. The molecule has 1 aromatic heterocycles. The van der Waals surface area contributed by atoms with Crippen molar-refractivity contribution in [3.05, 3.63) is 41.8 Å². The van der Waals surface area contributed by atoms with Crippen LogP contribution in [0.4, 0.5) is 13.2 Å². The van der Waals surface area contributed by atoms with Crippen LogP contribution in [-0.4, -0.2) is 22.6 Å². The molecule has 1 aliphatic carbocycles. The van der Waals surface area contributed by atoms with Crippen molar-refractivity contribution in [3.8, 4) is 17.1 Å². The van der Waals surface area contributed by atoms with E-state index in [1.54, 1.807) is 6.08 Å². The molecule has 9 heteroatoms. The highest BCUT2D eigenvalue weighted by molar-refractivity contribution is 5.80. The van der Waals surface area contributed by atoms with Crippen molar-refractivity contribution >= 4 is 5.84 Å². The molecule has 0 aliphatic heterocycles. The quantitative estimate of drug-likeness (QED) is 0.206. The summed E-state index contributed by atoms with van der Waals surface area (Å²) >= 11 is 0. The first kappa shape index (κ1) is 24.8. The van der Waals surface area contributed by atoms with Gasteiger partial charge in [0.05, 0.1) is 11.4 Å². The van der Waals surface area contributed by atoms with Crippen molar-refractivity contribution in [1.82, 2.24) is 10.1 Å². The van der Waals surface area contributed by atoms with Crippen LogP contribution in [0, 0.1) is 17.2 Å². The summed E-state index contributed by atoms with van der Waals surface area (Å²) in [6, 6.07) is 3.79. The second-order valence-electron chi connectivity index (χ2n) is 8.64. The number of hydrogen-bond acceptors (Lipinski definition) is 5. The minimum atomic E-state index is -4.59. The smallest absolute Gasteiger partial charge is 0.419 e. The normalized spacial score (nSPS) is 21.8. The van der Waals surface area contributed by atoms with Crippen LogP contribution < -0.4 is 10.5 Å². The van der Waals surface area contributed by atoms with Gasteiger partial charge in [0.2, 0.25) is 11.7 Å². The average Bonchev–Trinajstić information content (AvgIpc) is 3.16. The minimum absolute atomic E-state index is 0.0617. The first-order valence-corrected chi connectivity index (χ1v) is 11.4. The number of benzene rings is 1. The molecule has 1 aromatic carbocycles. The number of alkyl halides is 3. The lowest BCUT2D eigenvalue weighted by Crippen LogP contribution is -2.28. The Morgan fingerprint density at radius 3 is 2.79 bits per heavy atom. The third-order valence-electron chi connectivity index (χ3n) is 6.13. The molecule has 3 rings (SSSR count). The first-order chi connectivity index (χ1) is 15.7. The molecular weight excluding hydrogens is 433 g/mol. The number of aromatic nitrogens is 2. The van der Waals surface area contributed by atoms with Crippen molar-refractivity contribution in [2.24, 2.45) is 17.6 Å². The van der Waals surface area contributed by atoms with Gasteiger partial charge in [-0.25, -0.2) is 0 Å². The number of rotatable bonds is 8. The number of nitrogens with zero attached hydrogens (tertiary/aromatic N) is 2. The second-order valence-corrected chi connectivity index (χ2v) is 8.64. The Bertz CT molecular complexity index is 971. The molecule has 33 heavy (non-hydrogen) atoms. The van der Waals surface area contributed by atoms with Crippen LogP contribution in [0.3, 0.4) is 0 Å². The number of allylic oxidation sites excluding steroid dienone is 1. The summed E-state index contributed by atoms with van der Waals surface area (Å²) in [5.74, 6) is 0.509. The van der Waals surface area contributed by atoms with Crippen molar-refractivity contribution in [2.75, 3.05) is 6.61 Å². The van der Waals surface area contributed by atoms with Gasteiger partial charge in [-0.1, -0.05) is 44.0 Å². The van der Waals surface area contributed by atoms with E-state index in [4.69, 9.17) is 20.4 Å². The number of hydrogen-bond donors (Lipinski definition) is 2. The van der Waals surface area contributed by atoms with Gasteiger partial charge in [-0.3, -0.25) is 5.41 Å². The lowest BCUT2D eigenvalue weighted by molar-refractivity contribution is -0.138. The molecule has 2 unspecified atom stereocenters. The maximum atomic E-state index is 13.7. The molecule has 3 N–H and O–H groups in total. The summed E-state index contributed by atoms with van der Waals surface area (Å²) in [5.41, 5.74) is 5.11. The summed E-state index contributed by atoms with van der Waals surface area (Å²) in [7, 11) is 0. The SMILES string of the molecule is CCC/C=C/COc1ccc(-c2noc([C@@H]3CCCC(C)C(C(=N)N)C3)n2)cc1C(F)(F)F. The molecule has 0 bridgehead atoms. The number of halogens is 3. The Morgan fingerprint density at radius 1 is 1.30 bits per heavy atom. The van der Waals surface area contributed by atoms with E-state index in [-0.39, 0.29) is 47.3 Å². The maximum absolute atomic E-state index is 13.7. The van der Waals surface area contributed by atoms with Gasteiger partial charge in [-0.05, 0) is 49.8 Å². The number of unbranched alkanes of at least 4 members (excludes halogenated alkanes) is 1. The van der Waals surface area contributed by atoms with Gasteiger partial charge in [0.25, 0.3) is 0 Å². The van der Waals surface area contributed by atoms with E-state index in [0.717, 1.165) is 38.2 Å². The van der Waals surface area contributed by atoms with Gasteiger partial charge in [-0.15, -0.1) is 0 Å². The van der Waals surface area contributed by atoms with Gasteiger partial charge < -0.3 is 15.0 Å².